The fourth-order valence-electron chi connectivity index (χ4n) is 1.20. The lowest BCUT2D eigenvalue weighted by atomic mass is 10.2. The quantitative estimate of drug-likeness (QED) is 0.397. The summed E-state index contributed by atoms with van der Waals surface area (Å²) in [5, 5.41) is 3.43. The molecule has 0 fully saturated rings. The topological polar surface area (TPSA) is 91.8 Å². The van der Waals surface area contributed by atoms with Gasteiger partial charge in [0.1, 0.15) is 6.61 Å². The van der Waals surface area contributed by atoms with E-state index in [1.165, 1.54) is 6.08 Å². The molecule has 1 heterocycles. The lowest BCUT2D eigenvalue weighted by Gasteiger charge is -2.03. The minimum absolute atomic E-state index is 0.143. The van der Waals surface area contributed by atoms with Gasteiger partial charge in [0.2, 0.25) is 5.89 Å². The third-order valence-corrected chi connectivity index (χ3v) is 2.00. The Bertz CT molecular complexity index is 421. The highest BCUT2D eigenvalue weighted by Crippen LogP contribution is 2.03. The van der Waals surface area contributed by atoms with Crippen LogP contribution >= 0.6 is 0 Å². The van der Waals surface area contributed by atoms with E-state index in [1.807, 2.05) is 0 Å². The summed E-state index contributed by atoms with van der Waals surface area (Å²) in [6.45, 7) is 3.84. The minimum Gasteiger partial charge on any atom is -0.434 e. The van der Waals surface area contributed by atoms with Crippen molar-refractivity contribution < 1.29 is 23.2 Å². The standard InChI is InChI=1S/C11H15NO6/c1-2-7-15-10(13)16-8-5-3-4-6-9-12-18-11(14)17-9/h2H,1,3-8H2. The highest BCUT2D eigenvalue weighted by atomic mass is 16.7. The monoisotopic (exact) mass is 257 g/mol. The molecule has 18 heavy (non-hydrogen) atoms. The molecule has 1 rings (SSSR count). The van der Waals surface area contributed by atoms with Gasteiger partial charge in [-0.05, 0) is 24.4 Å². The molecule has 7 nitrogen and oxygen atoms in total. The Morgan fingerprint density at radius 2 is 2.17 bits per heavy atom. The Hall–Kier alpha value is -2.05. The Kier molecular flexibility index (Phi) is 6.31. The number of aryl methyl sites for hydroxylation is 1. The molecule has 0 radical (unpaired) electrons. The van der Waals surface area contributed by atoms with Crippen molar-refractivity contribution >= 4 is 6.16 Å². The van der Waals surface area contributed by atoms with Crippen LogP contribution in [0.1, 0.15) is 25.2 Å². The number of rotatable bonds is 8. The number of ether oxygens (including phenoxy) is 2. The van der Waals surface area contributed by atoms with Crippen molar-refractivity contribution in [3.05, 3.63) is 29.2 Å². The lowest BCUT2D eigenvalue weighted by molar-refractivity contribution is 0.0620. The smallest absolute Gasteiger partial charge is 0.434 e. The highest BCUT2D eigenvalue weighted by Gasteiger charge is 2.04. The Labute approximate surface area is 103 Å². The summed E-state index contributed by atoms with van der Waals surface area (Å²) in [5.41, 5.74) is 0. The van der Waals surface area contributed by atoms with Gasteiger partial charge in [0.05, 0.1) is 6.61 Å². The number of unbranched alkanes of at least 4 members (excludes halogenated alkanes) is 2. The molecule has 0 aliphatic rings. The van der Waals surface area contributed by atoms with E-state index in [1.54, 1.807) is 0 Å². The van der Waals surface area contributed by atoms with E-state index in [4.69, 9.17) is 4.74 Å². The third kappa shape index (κ3) is 5.88. The summed E-state index contributed by atoms with van der Waals surface area (Å²) in [6.07, 6.45) is 3.56. The zero-order chi connectivity index (χ0) is 13.2. The molecule has 0 atom stereocenters. The molecule has 100 valence electrons. The minimum atomic E-state index is -0.793. The molecule has 0 saturated heterocycles. The van der Waals surface area contributed by atoms with Gasteiger partial charge in [-0.3, -0.25) is 4.52 Å². The van der Waals surface area contributed by atoms with Gasteiger partial charge in [-0.2, -0.15) is 0 Å². The summed E-state index contributed by atoms with van der Waals surface area (Å²) in [4.78, 5) is 21.4. The van der Waals surface area contributed by atoms with Gasteiger partial charge in [0.15, 0.2) is 0 Å². The molecule has 1 aromatic rings. The number of hydrogen-bond donors (Lipinski definition) is 0. The first-order chi connectivity index (χ1) is 8.72. The average Bonchev–Trinajstić information content (AvgIpc) is 2.77. The molecule has 0 aromatic carbocycles. The molecule has 0 spiro atoms. The summed E-state index contributed by atoms with van der Waals surface area (Å²) in [7, 11) is 0. The lowest BCUT2D eigenvalue weighted by Crippen LogP contribution is -2.08. The Morgan fingerprint density at radius 1 is 1.33 bits per heavy atom. The SMILES string of the molecule is C=CCOC(=O)OCCCCCc1noc(=O)o1. The van der Waals surface area contributed by atoms with Gasteiger partial charge in [-0.15, -0.1) is 0 Å². The van der Waals surface area contributed by atoms with Crippen molar-refractivity contribution in [3.8, 4) is 0 Å². The fourth-order valence-corrected chi connectivity index (χ4v) is 1.20. The molecule has 0 N–H and O–H groups in total. The molecule has 0 aliphatic heterocycles. The van der Waals surface area contributed by atoms with Crippen molar-refractivity contribution in [2.75, 3.05) is 13.2 Å². The fraction of sp³-hybridized carbons (Fsp3) is 0.545. The Balaban J connectivity index is 1.97. The zero-order valence-corrected chi connectivity index (χ0v) is 9.92. The molecule has 1 aromatic heterocycles. The van der Waals surface area contributed by atoms with Crippen LogP contribution in [0.15, 0.2) is 26.4 Å². The van der Waals surface area contributed by atoms with Crippen LogP contribution in [0.4, 0.5) is 4.79 Å². The first-order valence-corrected chi connectivity index (χ1v) is 5.58. The van der Waals surface area contributed by atoms with Crippen molar-refractivity contribution in [2.45, 2.75) is 25.7 Å². The summed E-state index contributed by atoms with van der Waals surface area (Å²) >= 11 is 0. The molecule has 0 saturated carbocycles. The van der Waals surface area contributed by atoms with E-state index >= 15 is 0 Å². The van der Waals surface area contributed by atoms with Crippen LogP contribution in [0, 0.1) is 0 Å². The first-order valence-electron chi connectivity index (χ1n) is 5.58. The van der Waals surface area contributed by atoms with Gasteiger partial charge in [0.25, 0.3) is 0 Å². The maximum Gasteiger partial charge on any atom is 0.542 e. The Morgan fingerprint density at radius 3 is 2.83 bits per heavy atom. The van der Waals surface area contributed by atoms with Crippen molar-refractivity contribution in [3.63, 3.8) is 0 Å². The molecule has 0 unspecified atom stereocenters. The van der Waals surface area contributed by atoms with Gasteiger partial charge >= 0.3 is 12.0 Å². The summed E-state index contributed by atoms with van der Waals surface area (Å²) in [5.74, 6) is -0.510. The second kappa shape index (κ2) is 8.10. The van der Waals surface area contributed by atoms with Crippen LogP contribution in [0.5, 0.6) is 0 Å². The van der Waals surface area contributed by atoms with E-state index in [0.29, 0.717) is 19.4 Å². The third-order valence-electron chi connectivity index (χ3n) is 2.00. The largest absolute Gasteiger partial charge is 0.542 e. The molecule has 0 aliphatic carbocycles. The second-order valence-electron chi connectivity index (χ2n) is 3.44. The molecule has 7 heteroatoms. The van der Waals surface area contributed by atoms with Crippen LogP contribution < -0.4 is 5.82 Å². The summed E-state index contributed by atoms with van der Waals surface area (Å²) in [6, 6.07) is 0. The maximum atomic E-state index is 10.9. The van der Waals surface area contributed by atoms with Gasteiger partial charge in [-0.1, -0.05) is 12.7 Å². The number of hydrogen-bond acceptors (Lipinski definition) is 7. The van der Waals surface area contributed by atoms with Crippen LogP contribution in [-0.4, -0.2) is 24.5 Å². The van der Waals surface area contributed by atoms with E-state index in [-0.39, 0.29) is 12.5 Å². The second-order valence-corrected chi connectivity index (χ2v) is 3.44. The molecular weight excluding hydrogens is 242 g/mol. The van der Waals surface area contributed by atoms with Gasteiger partial charge in [-0.25, -0.2) is 9.59 Å². The van der Waals surface area contributed by atoms with Crippen LogP contribution in [0.3, 0.4) is 0 Å². The predicted octanol–water partition coefficient (Wildman–Crippen LogP) is 1.68. The predicted molar refractivity (Wildman–Crippen MR) is 60.1 cm³/mol. The van der Waals surface area contributed by atoms with Crippen LogP contribution in [0.2, 0.25) is 0 Å². The molecule has 0 amide bonds. The zero-order valence-electron chi connectivity index (χ0n) is 9.92. The average molecular weight is 257 g/mol. The van der Waals surface area contributed by atoms with E-state index in [2.05, 4.69) is 25.4 Å². The number of carbonyl (C=O) groups excluding carboxylic acids is 1. The van der Waals surface area contributed by atoms with Crippen molar-refractivity contribution in [1.82, 2.24) is 5.16 Å². The van der Waals surface area contributed by atoms with Gasteiger partial charge in [0, 0.05) is 6.42 Å². The van der Waals surface area contributed by atoms with E-state index < -0.39 is 12.0 Å². The van der Waals surface area contributed by atoms with E-state index in [0.717, 1.165) is 12.8 Å². The highest BCUT2D eigenvalue weighted by molar-refractivity contribution is 5.59. The van der Waals surface area contributed by atoms with Crippen LogP contribution in [0.25, 0.3) is 0 Å². The van der Waals surface area contributed by atoms with Gasteiger partial charge < -0.3 is 13.9 Å². The number of nitrogens with zero attached hydrogens (tertiary/aromatic N) is 1. The van der Waals surface area contributed by atoms with Crippen molar-refractivity contribution in [2.24, 2.45) is 0 Å². The normalized spacial score (nSPS) is 10.0. The number of carbonyl (C=O) groups is 1. The first kappa shape index (κ1) is 14.0. The molecule has 0 bridgehead atoms. The van der Waals surface area contributed by atoms with E-state index in [9.17, 15) is 9.59 Å². The molecular formula is C11H15NO6. The van der Waals surface area contributed by atoms with Crippen LogP contribution in [-0.2, 0) is 15.9 Å². The summed E-state index contributed by atoms with van der Waals surface area (Å²) < 4.78 is 18.3. The van der Waals surface area contributed by atoms with Crippen molar-refractivity contribution in [1.29, 1.82) is 0 Å². The number of aromatic nitrogens is 1. The maximum absolute atomic E-state index is 10.9.